The smallest absolute Gasteiger partial charge is 0.273 e. The quantitative estimate of drug-likeness (QED) is 0.689. The van der Waals surface area contributed by atoms with E-state index in [-0.39, 0.29) is 17.6 Å². The molecule has 26 heavy (non-hydrogen) atoms. The molecule has 1 amide bonds. The van der Waals surface area contributed by atoms with Crippen LogP contribution >= 0.6 is 11.3 Å². The Kier molecular flexibility index (Phi) is 5.70. The third kappa shape index (κ3) is 4.12. The lowest BCUT2D eigenvalue weighted by molar-refractivity contribution is 0.0933. The van der Waals surface area contributed by atoms with Gasteiger partial charge in [0.05, 0.1) is 13.2 Å². The van der Waals surface area contributed by atoms with Gasteiger partial charge in [0.25, 0.3) is 5.91 Å². The van der Waals surface area contributed by atoms with Crippen molar-refractivity contribution in [2.75, 3.05) is 27.7 Å². The molecule has 0 saturated heterocycles. The van der Waals surface area contributed by atoms with Crippen LogP contribution in [-0.4, -0.2) is 43.7 Å². The molecule has 1 aromatic carbocycles. The van der Waals surface area contributed by atoms with Crippen molar-refractivity contribution in [3.05, 3.63) is 58.4 Å². The summed E-state index contributed by atoms with van der Waals surface area (Å²) in [5, 5.41) is 11.0. The second kappa shape index (κ2) is 8.16. The molecule has 0 unspecified atom stereocenters. The molecule has 2 heterocycles. The van der Waals surface area contributed by atoms with Crippen molar-refractivity contribution in [1.82, 2.24) is 15.4 Å². The Morgan fingerprint density at radius 2 is 2.08 bits per heavy atom. The molecule has 136 valence electrons. The van der Waals surface area contributed by atoms with Gasteiger partial charge in [-0.3, -0.25) is 4.79 Å². The summed E-state index contributed by atoms with van der Waals surface area (Å²) in [5.41, 5.74) is 2.28. The molecule has 7 heteroatoms. The topological polar surface area (TPSA) is 67.6 Å². The van der Waals surface area contributed by atoms with Gasteiger partial charge in [0.2, 0.25) is 0 Å². The number of carbonyl (C=O) groups excluding carboxylic acids is 1. The van der Waals surface area contributed by atoms with Gasteiger partial charge in [-0.05, 0) is 60.8 Å². The maximum absolute atomic E-state index is 12.4. The van der Waals surface area contributed by atoms with Gasteiger partial charge in [-0.2, -0.15) is 11.3 Å². The Labute approximate surface area is 156 Å². The maximum Gasteiger partial charge on any atom is 0.273 e. The fourth-order valence-electron chi connectivity index (χ4n) is 2.62. The molecule has 0 fully saturated rings. The lowest BCUT2D eigenvalue weighted by Crippen LogP contribution is -2.34. The minimum absolute atomic E-state index is 0.109. The van der Waals surface area contributed by atoms with Crippen molar-refractivity contribution in [3.8, 4) is 17.1 Å². The van der Waals surface area contributed by atoms with E-state index in [1.807, 2.05) is 43.7 Å². The molecule has 0 saturated carbocycles. The van der Waals surface area contributed by atoms with Crippen LogP contribution in [0.15, 0.2) is 51.7 Å². The van der Waals surface area contributed by atoms with Crippen LogP contribution in [0.25, 0.3) is 11.3 Å². The number of ether oxygens (including phenoxy) is 1. The average molecular weight is 371 g/mol. The largest absolute Gasteiger partial charge is 0.497 e. The number of hydrogen-bond donors (Lipinski definition) is 1. The monoisotopic (exact) mass is 371 g/mol. The highest BCUT2D eigenvalue weighted by molar-refractivity contribution is 7.07. The lowest BCUT2D eigenvalue weighted by atomic mass is 10.1. The number of nitrogens with zero attached hydrogens (tertiary/aromatic N) is 2. The summed E-state index contributed by atoms with van der Waals surface area (Å²) >= 11 is 1.64. The highest BCUT2D eigenvalue weighted by Gasteiger charge is 2.18. The predicted octanol–water partition coefficient (Wildman–Crippen LogP) is 3.44. The number of thiophene rings is 1. The summed E-state index contributed by atoms with van der Waals surface area (Å²) in [6, 6.07) is 11.2. The standard InChI is InChI=1S/C19H21N3O3S/c1-22(2)17(14-8-9-26-12-14)11-20-19(23)16-10-18(25-21-16)13-4-6-15(24-3)7-5-13/h4-10,12,17H,11H2,1-3H3,(H,20,23)/t17-/m0/s1. The summed E-state index contributed by atoms with van der Waals surface area (Å²) in [6.07, 6.45) is 0. The molecule has 3 aromatic rings. The number of nitrogens with one attached hydrogen (secondary N) is 1. The van der Waals surface area contributed by atoms with E-state index in [0.29, 0.717) is 12.3 Å². The first-order valence-electron chi connectivity index (χ1n) is 8.16. The molecule has 0 aliphatic heterocycles. The van der Waals surface area contributed by atoms with Crippen LogP contribution in [0.4, 0.5) is 0 Å². The molecule has 1 N–H and O–H groups in total. The second-order valence-corrected chi connectivity index (χ2v) is 6.83. The normalized spacial score (nSPS) is 12.2. The van der Waals surface area contributed by atoms with Crippen LogP contribution in [0.1, 0.15) is 22.1 Å². The van der Waals surface area contributed by atoms with E-state index in [0.717, 1.165) is 11.3 Å². The SMILES string of the molecule is COc1ccc(-c2cc(C(=O)NC[C@@H](c3ccsc3)N(C)C)no2)cc1. The van der Waals surface area contributed by atoms with Crippen LogP contribution < -0.4 is 10.1 Å². The Balaban J connectivity index is 1.66. The van der Waals surface area contributed by atoms with Crippen molar-refractivity contribution < 1.29 is 14.1 Å². The lowest BCUT2D eigenvalue weighted by Gasteiger charge is -2.23. The van der Waals surface area contributed by atoms with Crippen molar-refractivity contribution in [2.24, 2.45) is 0 Å². The first-order valence-corrected chi connectivity index (χ1v) is 9.10. The second-order valence-electron chi connectivity index (χ2n) is 6.05. The van der Waals surface area contributed by atoms with Gasteiger partial charge in [-0.15, -0.1) is 0 Å². The molecule has 0 aliphatic carbocycles. The van der Waals surface area contributed by atoms with Gasteiger partial charge in [0.15, 0.2) is 11.5 Å². The minimum Gasteiger partial charge on any atom is -0.497 e. The highest BCUT2D eigenvalue weighted by atomic mass is 32.1. The fourth-order valence-corrected chi connectivity index (χ4v) is 3.32. The molecule has 0 bridgehead atoms. The zero-order valence-corrected chi connectivity index (χ0v) is 15.7. The molecule has 1 atom stereocenters. The van der Waals surface area contributed by atoms with E-state index in [1.165, 1.54) is 5.56 Å². The first kappa shape index (κ1) is 18.2. The summed E-state index contributed by atoms with van der Waals surface area (Å²) in [4.78, 5) is 14.5. The van der Waals surface area contributed by atoms with E-state index >= 15 is 0 Å². The van der Waals surface area contributed by atoms with Crippen LogP contribution in [0.5, 0.6) is 5.75 Å². The van der Waals surface area contributed by atoms with E-state index < -0.39 is 0 Å². The summed E-state index contributed by atoms with van der Waals surface area (Å²) < 4.78 is 10.5. The molecule has 0 aliphatic rings. The molecule has 0 spiro atoms. The van der Waals surface area contributed by atoms with Crippen LogP contribution in [0.3, 0.4) is 0 Å². The average Bonchev–Trinajstić information content (AvgIpc) is 3.34. The number of hydrogen-bond acceptors (Lipinski definition) is 6. The van der Waals surface area contributed by atoms with E-state index in [2.05, 4.69) is 26.8 Å². The number of aromatic nitrogens is 1. The summed E-state index contributed by atoms with van der Waals surface area (Å²) in [5.74, 6) is 1.05. The van der Waals surface area contributed by atoms with Crippen LogP contribution in [-0.2, 0) is 0 Å². The van der Waals surface area contributed by atoms with E-state index in [1.54, 1.807) is 24.5 Å². The van der Waals surface area contributed by atoms with Gasteiger partial charge in [0, 0.05) is 18.2 Å². The van der Waals surface area contributed by atoms with Crippen molar-refractivity contribution in [2.45, 2.75) is 6.04 Å². The number of methoxy groups -OCH3 is 1. The van der Waals surface area contributed by atoms with Gasteiger partial charge >= 0.3 is 0 Å². The fraction of sp³-hybridized carbons (Fsp3) is 0.263. The van der Waals surface area contributed by atoms with Gasteiger partial charge in [-0.25, -0.2) is 0 Å². The first-order chi connectivity index (χ1) is 12.6. The Hall–Kier alpha value is -2.64. The Bertz CT molecular complexity index is 841. The van der Waals surface area contributed by atoms with E-state index in [4.69, 9.17) is 9.26 Å². The Morgan fingerprint density at radius 1 is 1.31 bits per heavy atom. The molecular weight excluding hydrogens is 350 g/mol. The minimum atomic E-state index is -0.254. The van der Waals surface area contributed by atoms with Crippen molar-refractivity contribution in [1.29, 1.82) is 0 Å². The molecule has 6 nitrogen and oxygen atoms in total. The molecule has 3 rings (SSSR count). The van der Waals surface area contributed by atoms with Gasteiger partial charge < -0.3 is 19.5 Å². The van der Waals surface area contributed by atoms with Gasteiger partial charge in [0.1, 0.15) is 5.75 Å². The number of amides is 1. The summed E-state index contributed by atoms with van der Waals surface area (Å²) in [6.45, 7) is 0.493. The molecule has 2 aromatic heterocycles. The summed E-state index contributed by atoms with van der Waals surface area (Å²) in [7, 11) is 5.60. The van der Waals surface area contributed by atoms with Crippen LogP contribution in [0, 0.1) is 0 Å². The zero-order valence-electron chi connectivity index (χ0n) is 14.9. The Morgan fingerprint density at radius 3 is 2.69 bits per heavy atom. The number of benzene rings is 1. The van der Waals surface area contributed by atoms with Crippen LogP contribution in [0.2, 0.25) is 0 Å². The number of likely N-dealkylation sites (N-methyl/N-ethyl adjacent to an activating group) is 1. The third-order valence-electron chi connectivity index (χ3n) is 4.12. The third-order valence-corrected chi connectivity index (χ3v) is 4.83. The zero-order chi connectivity index (χ0) is 18.5. The molecule has 0 radical (unpaired) electrons. The molecular formula is C19H21N3O3S. The van der Waals surface area contributed by atoms with Crippen molar-refractivity contribution >= 4 is 17.2 Å². The predicted molar refractivity (Wildman–Crippen MR) is 102 cm³/mol. The maximum atomic E-state index is 12.4. The van der Waals surface area contributed by atoms with Crippen molar-refractivity contribution in [3.63, 3.8) is 0 Å². The number of carbonyl (C=O) groups is 1. The van der Waals surface area contributed by atoms with Gasteiger partial charge in [-0.1, -0.05) is 5.16 Å². The number of rotatable bonds is 7. The van der Waals surface area contributed by atoms with E-state index in [9.17, 15) is 4.79 Å². The highest BCUT2D eigenvalue weighted by Crippen LogP contribution is 2.23.